The third-order valence-corrected chi connectivity index (χ3v) is 5.13. The molecule has 156 valence electrons. The first-order valence-electron chi connectivity index (χ1n) is 9.17. The minimum absolute atomic E-state index is 0.110. The Bertz CT molecular complexity index is 1110. The van der Waals surface area contributed by atoms with E-state index in [0.29, 0.717) is 45.8 Å². The number of hydrogen-bond acceptors (Lipinski definition) is 4. The lowest BCUT2D eigenvalue weighted by atomic mass is 10.1. The molecule has 6 nitrogen and oxygen atoms in total. The van der Waals surface area contributed by atoms with Gasteiger partial charge in [0.2, 0.25) is 5.91 Å². The largest absolute Gasteiger partial charge is 0.356 e. The average molecular weight is 449 g/mol. The van der Waals surface area contributed by atoms with Crippen molar-refractivity contribution in [1.29, 1.82) is 0 Å². The highest BCUT2D eigenvalue weighted by Crippen LogP contribution is 2.28. The molecule has 0 atom stereocenters. The summed E-state index contributed by atoms with van der Waals surface area (Å²) >= 11 is 12.1. The molecule has 30 heavy (non-hydrogen) atoms. The monoisotopic (exact) mass is 448 g/mol. The number of aromatic nitrogens is 3. The van der Waals surface area contributed by atoms with Crippen molar-refractivity contribution in [2.24, 2.45) is 0 Å². The van der Waals surface area contributed by atoms with Crippen LogP contribution in [0.15, 0.2) is 36.4 Å². The number of hydrogen-bond donors (Lipinski definition) is 1. The number of rotatable bonds is 7. The van der Waals surface area contributed by atoms with Gasteiger partial charge >= 0.3 is 0 Å². The van der Waals surface area contributed by atoms with Crippen LogP contribution in [0.3, 0.4) is 0 Å². The standard InChI is InChI=1S/C21H19Cl2FN4O2/c1-12-26-21(16-5-6-17(22)18(23)9-16)28(27-12)11-20(30)15-4-3-14(19(24)10-15)7-8-25-13(2)29/h3-6,9-10H,7-8,11H2,1-2H3,(H,25,29). The van der Waals surface area contributed by atoms with Crippen LogP contribution in [0.4, 0.5) is 4.39 Å². The van der Waals surface area contributed by atoms with Crippen molar-refractivity contribution in [3.05, 3.63) is 69.2 Å². The molecule has 0 bridgehead atoms. The molecule has 0 fully saturated rings. The quantitative estimate of drug-likeness (QED) is 0.547. The lowest BCUT2D eigenvalue weighted by molar-refractivity contribution is -0.118. The number of carbonyl (C=O) groups is 2. The van der Waals surface area contributed by atoms with Gasteiger partial charge in [-0.25, -0.2) is 14.1 Å². The van der Waals surface area contributed by atoms with E-state index in [0.717, 1.165) is 0 Å². The molecule has 0 spiro atoms. The van der Waals surface area contributed by atoms with Gasteiger partial charge in [0, 0.05) is 24.6 Å². The molecular formula is C21H19Cl2FN4O2. The van der Waals surface area contributed by atoms with Gasteiger partial charge in [-0.15, -0.1) is 0 Å². The first-order chi connectivity index (χ1) is 14.2. The Kier molecular flexibility index (Phi) is 6.84. The molecule has 1 N–H and O–H groups in total. The predicted octanol–water partition coefficient (Wildman–Crippen LogP) is 4.26. The summed E-state index contributed by atoms with van der Waals surface area (Å²) in [5, 5.41) is 7.67. The zero-order valence-electron chi connectivity index (χ0n) is 16.4. The van der Waals surface area contributed by atoms with E-state index < -0.39 is 5.82 Å². The Morgan fingerprint density at radius 3 is 2.57 bits per heavy atom. The van der Waals surface area contributed by atoms with E-state index >= 15 is 0 Å². The molecule has 0 saturated carbocycles. The first kappa shape index (κ1) is 21.9. The topological polar surface area (TPSA) is 76.9 Å². The lowest BCUT2D eigenvalue weighted by Crippen LogP contribution is -2.22. The Morgan fingerprint density at radius 2 is 1.90 bits per heavy atom. The maximum Gasteiger partial charge on any atom is 0.216 e. The summed E-state index contributed by atoms with van der Waals surface area (Å²) in [6.45, 7) is 3.33. The second kappa shape index (κ2) is 9.36. The van der Waals surface area contributed by atoms with Gasteiger partial charge in [-0.3, -0.25) is 9.59 Å². The summed E-state index contributed by atoms with van der Waals surface area (Å²) < 4.78 is 15.8. The highest BCUT2D eigenvalue weighted by atomic mass is 35.5. The van der Waals surface area contributed by atoms with Crippen molar-refractivity contribution in [1.82, 2.24) is 20.1 Å². The number of nitrogens with zero attached hydrogens (tertiary/aromatic N) is 3. The zero-order chi connectivity index (χ0) is 21.8. The van der Waals surface area contributed by atoms with Gasteiger partial charge < -0.3 is 5.32 Å². The third-order valence-electron chi connectivity index (χ3n) is 4.39. The number of amides is 1. The van der Waals surface area contributed by atoms with Crippen molar-refractivity contribution >= 4 is 34.9 Å². The van der Waals surface area contributed by atoms with Gasteiger partial charge in [-0.05, 0) is 43.2 Å². The smallest absolute Gasteiger partial charge is 0.216 e. The summed E-state index contributed by atoms with van der Waals surface area (Å²) in [4.78, 5) is 28.0. The van der Waals surface area contributed by atoms with Crippen LogP contribution in [0.1, 0.15) is 28.7 Å². The van der Waals surface area contributed by atoms with Crippen molar-refractivity contribution in [2.45, 2.75) is 26.8 Å². The van der Waals surface area contributed by atoms with Crippen LogP contribution in [0.2, 0.25) is 10.0 Å². The molecule has 0 radical (unpaired) electrons. The normalized spacial score (nSPS) is 10.8. The summed E-state index contributed by atoms with van der Waals surface area (Å²) in [7, 11) is 0. The molecule has 0 aliphatic heterocycles. The van der Waals surface area contributed by atoms with Gasteiger partial charge in [0.15, 0.2) is 11.6 Å². The molecule has 0 aliphatic rings. The summed E-state index contributed by atoms with van der Waals surface area (Å²) in [6.07, 6.45) is 0.337. The number of carbonyl (C=O) groups excluding carboxylic acids is 2. The van der Waals surface area contributed by atoms with E-state index in [2.05, 4.69) is 15.4 Å². The molecular weight excluding hydrogens is 430 g/mol. The van der Waals surface area contributed by atoms with E-state index in [1.165, 1.54) is 17.7 Å². The van der Waals surface area contributed by atoms with Crippen LogP contribution >= 0.6 is 23.2 Å². The molecule has 3 rings (SSSR count). The van der Waals surface area contributed by atoms with E-state index in [1.807, 2.05) is 0 Å². The van der Waals surface area contributed by atoms with E-state index in [1.54, 1.807) is 37.3 Å². The van der Waals surface area contributed by atoms with E-state index in [9.17, 15) is 14.0 Å². The number of nitrogens with one attached hydrogen (secondary N) is 1. The Morgan fingerprint density at radius 1 is 1.13 bits per heavy atom. The number of halogens is 3. The van der Waals surface area contributed by atoms with E-state index in [-0.39, 0.29) is 23.8 Å². The van der Waals surface area contributed by atoms with Crippen LogP contribution in [0.5, 0.6) is 0 Å². The summed E-state index contributed by atoms with van der Waals surface area (Å²) in [5.41, 5.74) is 1.31. The maximum absolute atomic E-state index is 14.4. The molecule has 9 heteroatoms. The molecule has 0 saturated heterocycles. The van der Waals surface area contributed by atoms with Crippen LogP contribution < -0.4 is 5.32 Å². The molecule has 1 aromatic heterocycles. The Balaban J connectivity index is 1.79. The number of aryl methyl sites for hydroxylation is 1. The minimum atomic E-state index is -0.495. The summed E-state index contributed by atoms with van der Waals surface area (Å²) in [5.74, 6) is -0.0301. The van der Waals surface area contributed by atoms with Crippen molar-refractivity contribution < 1.29 is 14.0 Å². The van der Waals surface area contributed by atoms with Gasteiger partial charge in [0.25, 0.3) is 0 Å². The number of Topliss-reactive ketones (excluding diaryl/α,β-unsaturated/α-hetero) is 1. The van der Waals surface area contributed by atoms with Crippen molar-refractivity contribution in [3.8, 4) is 11.4 Å². The SMILES string of the molecule is CC(=O)NCCc1ccc(C(=O)Cn2nc(C)nc2-c2ccc(Cl)c(Cl)c2)cc1F. The van der Waals surface area contributed by atoms with Gasteiger partial charge in [0.05, 0.1) is 10.0 Å². The fourth-order valence-electron chi connectivity index (χ4n) is 2.94. The minimum Gasteiger partial charge on any atom is -0.356 e. The second-order valence-electron chi connectivity index (χ2n) is 6.73. The molecule has 1 amide bonds. The molecule has 2 aromatic carbocycles. The van der Waals surface area contributed by atoms with Gasteiger partial charge in [0.1, 0.15) is 18.2 Å². The number of benzene rings is 2. The first-order valence-corrected chi connectivity index (χ1v) is 9.93. The van der Waals surface area contributed by atoms with E-state index in [4.69, 9.17) is 23.2 Å². The molecule has 1 heterocycles. The predicted molar refractivity (Wildman–Crippen MR) is 113 cm³/mol. The Labute approximate surface area is 183 Å². The van der Waals surface area contributed by atoms with Gasteiger partial charge in [-0.2, -0.15) is 5.10 Å². The highest BCUT2D eigenvalue weighted by molar-refractivity contribution is 6.42. The fourth-order valence-corrected chi connectivity index (χ4v) is 3.24. The Hall–Kier alpha value is -2.77. The van der Waals surface area contributed by atoms with Crippen LogP contribution in [0, 0.1) is 12.7 Å². The average Bonchev–Trinajstić information content (AvgIpc) is 3.05. The van der Waals surface area contributed by atoms with Gasteiger partial charge in [-0.1, -0.05) is 35.3 Å². The summed E-state index contributed by atoms with van der Waals surface area (Å²) in [6, 6.07) is 9.35. The number of ketones is 1. The molecule has 0 unspecified atom stereocenters. The van der Waals surface area contributed by atoms with Crippen LogP contribution in [0.25, 0.3) is 11.4 Å². The van der Waals surface area contributed by atoms with Crippen molar-refractivity contribution in [2.75, 3.05) is 6.54 Å². The van der Waals surface area contributed by atoms with Crippen molar-refractivity contribution in [3.63, 3.8) is 0 Å². The van der Waals surface area contributed by atoms with Crippen LogP contribution in [-0.2, 0) is 17.8 Å². The zero-order valence-corrected chi connectivity index (χ0v) is 17.9. The van der Waals surface area contributed by atoms with Crippen LogP contribution in [-0.4, -0.2) is 33.0 Å². The molecule has 0 aliphatic carbocycles. The third kappa shape index (κ3) is 5.23. The molecule has 3 aromatic rings. The second-order valence-corrected chi connectivity index (χ2v) is 7.55. The fraction of sp³-hybridized carbons (Fsp3) is 0.238. The maximum atomic E-state index is 14.4. The lowest BCUT2D eigenvalue weighted by Gasteiger charge is -2.08. The highest BCUT2D eigenvalue weighted by Gasteiger charge is 2.16.